The van der Waals surface area contributed by atoms with Gasteiger partial charge in [0.05, 0.1) is 6.54 Å². The molecule has 0 fully saturated rings. The first-order chi connectivity index (χ1) is 9.58. The topological polar surface area (TPSA) is 70.2 Å². The summed E-state index contributed by atoms with van der Waals surface area (Å²) in [6.45, 7) is 5.16. The summed E-state index contributed by atoms with van der Waals surface area (Å²) >= 11 is 0. The molecule has 0 saturated carbocycles. The van der Waals surface area contributed by atoms with E-state index in [2.05, 4.69) is 16.0 Å². The van der Waals surface area contributed by atoms with Gasteiger partial charge in [0, 0.05) is 25.6 Å². The van der Waals surface area contributed by atoms with E-state index in [1.54, 1.807) is 0 Å². The molecular formula is C15H23N3O2. The number of hydrogen-bond acceptors (Lipinski definition) is 3. The van der Waals surface area contributed by atoms with Gasteiger partial charge in [0.2, 0.25) is 11.8 Å². The molecule has 1 rings (SSSR count). The minimum absolute atomic E-state index is 0.0212. The van der Waals surface area contributed by atoms with Crippen molar-refractivity contribution >= 4 is 11.8 Å². The van der Waals surface area contributed by atoms with Gasteiger partial charge in [-0.15, -0.1) is 0 Å². The zero-order valence-corrected chi connectivity index (χ0v) is 12.1. The molecule has 0 aromatic heterocycles. The summed E-state index contributed by atoms with van der Waals surface area (Å²) in [5, 5.41) is 8.51. The number of benzene rings is 1. The van der Waals surface area contributed by atoms with Crippen LogP contribution in [-0.4, -0.2) is 30.9 Å². The lowest BCUT2D eigenvalue weighted by Gasteiger charge is -2.09. The van der Waals surface area contributed by atoms with E-state index in [0.29, 0.717) is 25.6 Å². The standard InChI is InChI=1S/C15H23N3O2/c1-12(2)16-9-8-14(19)18-11-15(20)17-10-13-6-4-3-5-7-13/h3-7,12,16H,8-11H2,1-2H3,(H,17,20)(H,18,19). The van der Waals surface area contributed by atoms with E-state index in [9.17, 15) is 9.59 Å². The molecule has 0 spiro atoms. The Labute approximate surface area is 120 Å². The Kier molecular flexibility index (Phi) is 7.35. The van der Waals surface area contributed by atoms with Crippen molar-refractivity contribution in [1.29, 1.82) is 0 Å². The monoisotopic (exact) mass is 277 g/mol. The zero-order chi connectivity index (χ0) is 14.8. The lowest BCUT2D eigenvalue weighted by Crippen LogP contribution is -2.38. The van der Waals surface area contributed by atoms with Crippen molar-refractivity contribution in [2.75, 3.05) is 13.1 Å². The first-order valence-electron chi connectivity index (χ1n) is 6.88. The van der Waals surface area contributed by atoms with Crippen LogP contribution in [0, 0.1) is 0 Å². The third-order valence-corrected chi connectivity index (χ3v) is 2.68. The molecule has 0 heterocycles. The maximum Gasteiger partial charge on any atom is 0.239 e. The van der Waals surface area contributed by atoms with Gasteiger partial charge in [-0.25, -0.2) is 0 Å². The van der Waals surface area contributed by atoms with Gasteiger partial charge in [0.25, 0.3) is 0 Å². The molecule has 5 nitrogen and oxygen atoms in total. The average Bonchev–Trinajstić information content (AvgIpc) is 2.43. The van der Waals surface area contributed by atoms with E-state index < -0.39 is 0 Å². The van der Waals surface area contributed by atoms with Gasteiger partial charge in [0.15, 0.2) is 0 Å². The number of nitrogens with one attached hydrogen (secondary N) is 3. The fraction of sp³-hybridized carbons (Fsp3) is 0.467. The summed E-state index contributed by atoms with van der Waals surface area (Å²) < 4.78 is 0. The average molecular weight is 277 g/mol. The van der Waals surface area contributed by atoms with Crippen LogP contribution in [0.15, 0.2) is 30.3 Å². The minimum atomic E-state index is -0.181. The largest absolute Gasteiger partial charge is 0.350 e. The van der Waals surface area contributed by atoms with Crippen molar-refractivity contribution in [3.05, 3.63) is 35.9 Å². The van der Waals surface area contributed by atoms with Gasteiger partial charge < -0.3 is 16.0 Å². The molecule has 5 heteroatoms. The van der Waals surface area contributed by atoms with E-state index in [0.717, 1.165) is 5.56 Å². The predicted molar refractivity (Wildman–Crippen MR) is 79.1 cm³/mol. The molecule has 2 amide bonds. The molecule has 0 unspecified atom stereocenters. The van der Waals surface area contributed by atoms with Crippen LogP contribution in [0.4, 0.5) is 0 Å². The first kappa shape index (κ1) is 16.2. The highest BCUT2D eigenvalue weighted by atomic mass is 16.2. The molecular weight excluding hydrogens is 254 g/mol. The molecule has 0 bridgehead atoms. The number of hydrogen-bond donors (Lipinski definition) is 3. The fourth-order valence-electron chi connectivity index (χ4n) is 1.60. The van der Waals surface area contributed by atoms with Crippen LogP contribution in [-0.2, 0) is 16.1 Å². The zero-order valence-electron chi connectivity index (χ0n) is 12.1. The maximum absolute atomic E-state index is 11.6. The minimum Gasteiger partial charge on any atom is -0.350 e. The third kappa shape index (κ3) is 7.53. The van der Waals surface area contributed by atoms with Crippen LogP contribution in [0.1, 0.15) is 25.8 Å². The molecule has 3 N–H and O–H groups in total. The molecule has 0 aliphatic heterocycles. The SMILES string of the molecule is CC(C)NCCC(=O)NCC(=O)NCc1ccccc1. The highest BCUT2D eigenvalue weighted by Gasteiger charge is 2.05. The van der Waals surface area contributed by atoms with Gasteiger partial charge in [-0.2, -0.15) is 0 Å². The van der Waals surface area contributed by atoms with Crippen LogP contribution < -0.4 is 16.0 Å². The van der Waals surface area contributed by atoms with Crippen LogP contribution >= 0.6 is 0 Å². The lowest BCUT2D eigenvalue weighted by atomic mass is 10.2. The first-order valence-corrected chi connectivity index (χ1v) is 6.88. The smallest absolute Gasteiger partial charge is 0.239 e. The summed E-state index contributed by atoms with van der Waals surface area (Å²) in [6.07, 6.45) is 0.379. The second-order valence-corrected chi connectivity index (χ2v) is 4.90. The Morgan fingerprint density at radius 2 is 1.75 bits per heavy atom. The number of amides is 2. The Morgan fingerprint density at radius 3 is 2.40 bits per heavy atom. The normalized spacial score (nSPS) is 10.3. The quantitative estimate of drug-likeness (QED) is 0.658. The molecule has 110 valence electrons. The Bertz CT molecular complexity index is 418. The molecule has 0 aliphatic carbocycles. The van der Waals surface area contributed by atoms with E-state index in [-0.39, 0.29) is 18.4 Å². The molecule has 20 heavy (non-hydrogen) atoms. The molecule has 0 saturated heterocycles. The van der Waals surface area contributed by atoms with E-state index >= 15 is 0 Å². The van der Waals surface area contributed by atoms with Crippen LogP contribution in [0.2, 0.25) is 0 Å². The van der Waals surface area contributed by atoms with Gasteiger partial charge in [-0.3, -0.25) is 9.59 Å². The summed E-state index contributed by atoms with van der Waals surface area (Å²) in [5.74, 6) is -0.299. The van der Waals surface area contributed by atoms with E-state index in [4.69, 9.17) is 0 Å². The predicted octanol–water partition coefficient (Wildman–Crippen LogP) is 0.807. The summed E-state index contributed by atoms with van der Waals surface area (Å²) in [4.78, 5) is 23.0. The molecule has 1 aromatic rings. The van der Waals surface area contributed by atoms with Crippen LogP contribution in [0.3, 0.4) is 0 Å². The molecule has 1 aromatic carbocycles. The second-order valence-electron chi connectivity index (χ2n) is 4.90. The van der Waals surface area contributed by atoms with Gasteiger partial charge in [-0.05, 0) is 5.56 Å². The van der Waals surface area contributed by atoms with Crippen molar-refractivity contribution in [2.24, 2.45) is 0 Å². The number of rotatable bonds is 8. The Balaban J connectivity index is 2.12. The third-order valence-electron chi connectivity index (χ3n) is 2.68. The van der Waals surface area contributed by atoms with Crippen LogP contribution in [0.5, 0.6) is 0 Å². The highest BCUT2D eigenvalue weighted by molar-refractivity contribution is 5.84. The highest BCUT2D eigenvalue weighted by Crippen LogP contribution is 1.96. The van der Waals surface area contributed by atoms with Gasteiger partial charge in [-0.1, -0.05) is 44.2 Å². The fourth-order valence-corrected chi connectivity index (χ4v) is 1.60. The van der Waals surface area contributed by atoms with Crippen molar-refractivity contribution in [3.8, 4) is 0 Å². The number of carbonyl (C=O) groups excluding carboxylic acids is 2. The number of carbonyl (C=O) groups is 2. The van der Waals surface area contributed by atoms with E-state index in [1.807, 2.05) is 44.2 Å². The summed E-state index contributed by atoms with van der Waals surface area (Å²) in [6, 6.07) is 10.0. The lowest BCUT2D eigenvalue weighted by molar-refractivity contribution is -0.126. The van der Waals surface area contributed by atoms with Crippen LogP contribution in [0.25, 0.3) is 0 Å². The Hall–Kier alpha value is -1.88. The summed E-state index contributed by atoms with van der Waals surface area (Å²) in [7, 11) is 0. The van der Waals surface area contributed by atoms with Crippen molar-refractivity contribution in [1.82, 2.24) is 16.0 Å². The van der Waals surface area contributed by atoms with Crippen molar-refractivity contribution in [2.45, 2.75) is 32.9 Å². The van der Waals surface area contributed by atoms with Crippen molar-refractivity contribution in [3.63, 3.8) is 0 Å². The molecule has 0 aliphatic rings. The van der Waals surface area contributed by atoms with Gasteiger partial charge >= 0.3 is 0 Å². The maximum atomic E-state index is 11.6. The van der Waals surface area contributed by atoms with Crippen molar-refractivity contribution < 1.29 is 9.59 Å². The Morgan fingerprint density at radius 1 is 1.05 bits per heavy atom. The summed E-state index contributed by atoms with van der Waals surface area (Å²) in [5.41, 5.74) is 1.04. The second kappa shape index (κ2) is 9.09. The van der Waals surface area contributed by atoms with E-state index in [1.165, 1.54) is 0 Å². The molecule has 0 radical (unpaired) electrons. The van der Waals surface area contributed by atoms with Gasteiger partial charge in [0.1, 0.15) is 0 Å². The molecule has 0 atom stereocenters.